The van der Waals surface area contributed by atoms with Gasteiger partial charge in [0.05, 0.1) is 19.8 Å². The highest BCUT2D eigenvalue weighted by atomic mass is 16.5. The van der Waals surface area contributed by atoms with Crippen molar-refractivity contribution in [3.8, 4) is 11.5 Å². The quantitative estimate of drug-likeness (QED) is 0.685. The molecule has 5 heteroatoms. The lowest BCUT2D eigenvalue weighted by atomic mass is 10.2. The van der Waals surface area contributed by atoms with E-state index in [0.29, 0.717) is 30.3 Å². The Morgan fingerprint density at radius 2 is 1.95 bits per heavy atom. The molecular weight excluding hydrogens is 260 g/mol. The number of benzene rings is 1. The van der Waals surface area contributed by atoms with E-state index in [9.17, 15) is 10.2 Å². The lowest BCUT2D eigenvalue weighted by Crippen LogP contribution is -2.23. The number of aliphatic hydroxyl groups is 2. The van der Waals surface area contributed by atoms with Gasteiger partial charge in [-0.2, -0.15) is 0 Å². The first-order chi connectivity index (χ1) is 9.71. The minimum atomic E-state index is -0.693. The third kappa shape index (κ3) is 5.77. The van der Waals surface area contributed by atoms with Gasteiger partial charge in [-0.15, -0.1) is 0 Å². The summed E-state index contributed by atoms with van der Waals surface area (Å²) in [6, 6.07) is 5.29. The minimum absolute atomic E-state index is 0.115. The first-order valence-corrected chi connectivity index (χ1v) is 6.96. The summed E-state index contributed by atoms with van der Waals surface area (Å²) in [5.41, 5.74) is 0.664. The molecule has 1 aromatic rings. The Balaban J connectivity index is 2.60. The van der Waals surface area contributed by atoms with Gasteiger partial charge < -0.3 is 24.4 Å². The molecule has 2 N–H and O–H groups in total. The summed E-state index contributed by atoms with van der Waals surface area (Å²) in [5.74, 6) is 1.22. The molecule has 0 bridgehead atoms. The largest absolute Gasteiger partial charge is 0.493 e. The first kappa shape index (κ1) is 16.8. The van der Waals surface area contributed by atoms with Crippen LogP contribution in [0, 0.1) is 0 Å². The van der Waals surface area contributed by atoms with E-state index >= 15 is 0 Å². The van der Waals surface area contributed by atoms with Crippen molar-refractivity contribution in [2.45, 2.75) is 33.0 Å². The molecule has 0 aliphatic carbocycles. The molecule has 20 heavy (non-hydrogen) atoms. The number of hydrogen-bond donors (Lipinski definition) is 2. The van der Waals surface area contributed by atoms with E-state index in [-0.39, 0.29) is 19.8 Å². The molecule has 114 valence electrons. The topological polar surface area (TPSA) is 68.2 Å². The molecule has 0 radical (unpaired) electrons. The summed E-state index contributed by atoms with van der Waals surface area (Å²) in [5, 5.41) is 19.0. The number of aliphatic hydroxyl groups excluding tert-OH is 2. The normalized spacial score (nSPS) is 12.2. The Hall–Kier alpha value is -1.30. The molecule has 0 spiro atoms. The fourth-order valence-electron chi connectivity index (χ4n) is 1.60. The van der Waals surface area contributed by atoms with E-state index in [0.717, 1.165) is 6.42 Å². The minimum Gasteiger partial charge on any atom is -0.493 e. The van der Waals surface area contributed by atoms with E-state index < -0.39 is 6.10 Å². The van der Waals surface area contributed by atoms with Gasteiger partial charge in [0, 0.05) is 18.2 Å². The van der Waals surface area contributed by atoms with Gasteiger partial charge in [-0.25, -0.2) is 0 Å². The van der Waals surface area contributed by atoms with Crippen molar-refractivity contribution in [1.29, 1.82) is 0 Å². The van der Waals surface area contributed by atoms with E-state index in [2.05, 4.69) is 0 Å². The number of hydrogen-bond acceptors (Lipinski definition) is 5. The van der Waals surface area contributed by atoms with Crippen LogP contribution in [-0.2, 0) is 11.3 Å². The van der Waals surface area contributed by atoms with Crippen molar-refractivity contribution in [2.24, 2.45) is 0 Å². The summed E-state index contributed by atoms with van der Waals surface area (Å²) in [6.07, 6.45) is 0.229. The van der Waals surface area contributed by atoms with Crippen LogP contribution in [0.1, 0.15) is 25.8 Å². The van der Waals surface area contributed by atoms with Gasteiger partial charge in [-0.3, -0.25) is 0 Å². The number of ether oxygens (including phenoxy) is 3. The maximum atomic E-state index is 9.67. The highest BCUT2D eigenvalue weighted by Crippen LogP contribution is 2.25. The summed E-state index contributed by atoms with van der Waals surface area (Å²) in [6.45, 7) is 5.31. The SMILES string of the molecule is CCCOc1ccc(CO)c(OCC(O)COCC)c1. The lowest BCUT2D eigenvalue weighted by Gasteiger charge is -2.15. The van der Waals surface area contributed by atoms with Crippen molar-refractivity contribution in [3.63, 3.8) is 0 Å². The predicted molar refractivity (Wildman–Crippen MR) is 76.1 cm³/mol. The Kier molecular flexibility index (Phi) is 8.02. The third-order valence-electron chi connectivity index (χ3n) is 2.63. The second-order valence-electron chi connectivity index (χ2n) is 4.40. The van der Waals surface area contributed by atoms with Crippen LogP contribution in [0.25, 0.3) is 0 Å². The molecule has 0 aliphatic rings. The fourth-order valence-corrected chi connectivity index (χ4v) is 1.60. The average Bonchev–Trinajstić information content (AvgIpc) is 2.48. The zero-order valence-corrected chi connectivity index (χ0v) is 12.2. The zero-order valence-electron chi connectivity index (χ0n) is 12.2. The van der Waals surface area contributed by atoms with E-state index in [1.165, 1.54) is 0 Å². The van der Waals surface area contributed by atoms with Gasteiger partial charge in [0.15, 0.2) is 0 Å². The molecule has 0 amide bonds. The van der Waals surface area contributed by atoms with Crippen LogP contribution in [0.5, 0.6) is 11.5 Å². The monoisotopic (exact) mass is 284 g/mol. The van der Waals surface area contributed by atoms with Crippen LogP contribution < -0.4 is 9.47 Å². The molecule has 0 heterocycles. The van der Waals surface area contributed by atoms with Gasteiger partial charge in [0.2, 0.25) is 0 Å². The molecule has 5 nitrogen and oxygen atoms in total. The van der Waals surface area contributed by atoms with Crippen molar-refractivity contribution < 1.29 is 24.4 Å². The van der Waals surface area contributed by atoms with E-state index in [1.54, 1.807) is 18.2 Å². The Labute approximate surface area is 120 Å². The maximum absolute atomic E-state index is 9.67. The second-order valence-corrected chi connectivity index (χ2v) is 4.40. The molecule has 0 aliphatic heterocycles. The van der Waals surface area contributed by atoms with Crippen LogP contribution in [0.2, 0.25) is 0 Å². The zero-order chi connectivity index (χ0) is 14.8. The van der Waals surface area contributed by atoms with Crippen LogP contribution >= 0.6 is 0 Å². The average molecular weight is 284 g/mol. The van der Waals surface area contributed by atoms with E-state index in [1.807, 2.05) is 13.8 Å². The molecule has 0 saturated carbocycles. The van der Waals surface area contributed by atoms with Crippen molar-refractivity contribution in [2.75, 3.05) is 26.4 Å². The van der Waals surface area contributed by atoms with Crippen LogP contribution in [0.4, 0.5) is 0 Å². The van der Waals surface area contributed by atoms with Crippen LogP contribution in [0.15, 0.2) is 18.2 Å². The predicted octanol–water partition coefficient (Wildman–Crippen LogP) is 1.74. The fraction of sp³-hybridized carbons (Fsp3) is 0.600. The summed E-state index contributed by atoms with van der Waals surface area (Å²) >= 11 is 0. The summed E-state index contributed by atoms with van der Waals surface area (Å²) in [4.78, 5) is 0. The third-order valence-corrected chi connectivity index (χ3v) is 2.63. The van der Waals surface area contributed by atoms with Crippen LogP contribution in [-0.4, -0.2) is 42.7 Å². The Morgan fingerprint density at radius 3 is 2.60 bits per heavy atom. The Bertz CT molecular complexity index is 381. The highest BCUT2D eigenvalue weighted by Gasteiger charge is 2.09. The smallest absolute Gasteiger partial charge is 0.128 e. The lowest BCUT2D eigenvalue weighted by molar-refractivity contribution is 0.0160. The molecule has 1 atom stereocenters. The molecule has 1 aromatic carbocycles. The van der Waals surface area contributed by atoms with Gasteiger partial charge in [-0.1, -0.05) is 6.92 Å². The van der Waals surface area contributed by atoms with Gasteiger partial charge >= 0.3 is 0 Å². The summed E-state index contributed by atoms with van der Waals surface area (Å²) in [7, 11) is 0. The second kappa shape index (κ2) is 9.58. The molecular formula is C15H24O5. The van der Waals surface area contributed by atoms with E-state index in [4.69, 9.17) is 14.2 Å². The van der Waals surface area contributed by atoms with Gasteiger partial charge in [-0.05, 0) is 25.5 Å². The highest BCUT2D eigenvalue weighted by molar-refractivity contribution is 5.40. The molecule has 0 saturated heterocycles. The molecule has 0 fully saturated rings. The van der Waals surface area contributed by atoms with Crippen molar-refractivity contribution in [3.05, 3.63) is 23.8 Å². The summed E-state index contributed by atoms with van der Waals surface area (Å²) < 4.78 is 16.2. The molecule has 0 aromatic heterocycles. The van der Waals surface area contributed by atoms with Gasteiger partial charge in [0.25, 0.3) is 0 Å². The van der Waals surface area contributed by atoms with Crippen LogP contribution in [0.3, 0.4) is 0 Å². The molecule has 1 unspecified atom stereocenters. The maximum Gasteiger partial charge on any atom is 0.128 e. The van der Waals surface area contributed by atoms with Crippen molar-refractivity contribution >= 4 is 0 Å². The molecule has 1 rings (SSSR count). The van der Waals surface area contributed by atoms with Gasteiger partial charge in [0.1, 0.15) is 24.2 Å². The van der Waals surface area contributed by atoms with Crippen molar-refractivity contribution in [1.82, 2.24) is 0 Å². The standard InChI is InChI=1S/C15H24O5/c1-3-7-19-14-6-5-12(9-16)15(8-14)20-11-13(17)10-18-4-2/h5-6,8,13,16-17H,3-4,7,9-11H2,1-2H3. The number of rotatable bonds is 10. The Morgan fingerprint density at radius 1 is 1.15 bits per heavy atom. The first-order valence-electron chi connectivity index (χ1n) is 6.96.